The minimum absolute atomic E-state index is 0.0550. The van der Waals surface area contributed by atoms with Gasteiger partial charge >= 0.3 is 0 Å². The summed E-state index contributed by atoms with van der Waals surface area (Å²) in [5, 5.41) is 6.02. The zero-order valence-electron chi connectivity index (χ0n) is 10.6. The van der Waals surface area contributed by atoms with Gasteiger partial charge in [-0.05, 0) is 19.4 Å². The van der Waals surface area contributed by atoms with Crippen molar-refractivity contribution in [3.8, 4) is 0 Å². The topological polar surface area (TPSA) is 41.9 Å². The van der Waals surface area contributed by atoms with Crippen molar-refractivity contribution in [1.29, 1.82) is 0 Å². The zero-order valence-corrected chi connectivity index (χ0v) is 10.6. The molecule has 0 saturated carbocycles. The number of carbonyl (C=O) groups is 1. The van der Waals surface area contributed by atoms with Crippen LogP contribution < -0.4 is 0 Å². The number of amides is 1. The van der Waals surface area contributed by atoms with E-state index in [0.29, 0.717) is 13.2 Å². The number of rotatable bonds is 2. The second kappa shape index (κ2) is 3.92. The zero-order chi connectivity index (χ0) is 12.8. The molecule has 1 amide bonds. The molecule has 0 aliphatic carbocycles. The maximum Gasteiger partial charge on any atom is 0.254 e. The van der Waals surface area contributed by atoms with E-state index in [9.17, 15) is 4.79 Å². The number of hydrazone groups is 1. The second-order valence-electron chi connectivity index (χ2n) is 5.24. The van der Waals surface area contributed by atoms with Crippen LogP contribution in [0.3, 0.4) is 0 Å². The highest BCUT2D eigenvalue weighted by atomic mass is 16.5. The van der Waals surface area contributed by atoms with Crippen LogP contribution in [0, 0.1) is 5.92 Å². The van der Waals surface area contributed by atoms with Gasteiger partial charge in [-0.3, -0.25) is 4.79 Å². The Balaban J connectivity index is 1.84. The van der Waals surface area contributed by atoms with Gasteiger partial charge in [0.25, 0.3) is 5.91 Å². The molecule has 4 heteroatoms. The van der Waals surface area contributed by atoms with Crippen molar-refractivity contribution in [2.75, 3.05) is 6.61 Å². The lowest BCUT2D eigenvalue weighted by Crippen LogP contribution is -2.29. The van der Waals surface area contributed by atoms with Crippen LogP contribution in [0.1, 0.15) is 19.4 Å². The molecule has 2 aliphatic heterocycles. The van der Waals surface area contributed by atoms with E-state index in [2.05, 4.69) is 5.10 Å². The smallest absolute Gasteiger partial charge is 0.254 e. The molecule has 1 fully saturated rings. The molecule has 4 nitrogen and oxygen atoms in total. The third-order valence-corrected chi connectivity index (χ3v) is 3.51. The molecule has 1 atom stereocenters. The Bertz CT molecular complexity index is 508. The minimum Gasteiger partial charge on any atom is -0.368 e. The summed E-state index contributed by atoms with van der Waals surface area (Å²) in [4.78, 5) is 12.2. The molecule has 0 N–H and O–H groups in total. The first-order valence-electron chi connectivity index (χ1n) is 6.16. The lowest BCUT2D eigenvalue weighted by molar-refractivity contribution is -0.133. The van der Waals surface area contributed by atoms with E-state index in [1.54, 1.807) is 5.01 Å². The summed E-state index contributed by atoms with van der Waals surface area (Å²) in [6.45, 7) is 4.92. The third kappa shape index (κ3) is 1.73. The fourth-order valence-electron chi connectivity index (χ4n) is 2.47. The van der Waals surface area contributed by atoms with Gasteiger partial charge in [0.2, 0.25) is 0 Å². The molecule has 1 unspecified atom stereocenters. The van der Waals surface area contributed by atoms with Crippen molar-refractivity contribution < 1.29 is 9.53 Å². The monoisotopic (exact) mass is 244 g/mol. The molecule has 94 valence electrons. The molecule has 3 rings (SSSR count). The SMILES string of the molecule is CC1(C)OCC2C(=O)N(Cc3ccccc3)N=C21. The molecular weight excluding hydrogens is 228 g/mol. The molecule has 18 heavy (non-hydrogen) atoms. The Labute approximate surface area is 106 Å². The van der Waals surface area contributed by atoms with Gasteiger partial charge in [0.15, 0.2) is 0 Å². The average molecular weight is 244 g/mol. The van der Waals surface area contributed by atoms with Gasteiger partial charge in [0.05, 0.1) is 18.9 Å². The number of fused-ring (bicyclic) bond motifs is 1. The van der Waals surface area contributed by atoms with Crippen LogP contribution in [0.15, 0.2) is 35.4 Å². The van der Waals surface area contributed by atoms with E-state index in [4.69, 9.17) is 4.74 Å². The van der Waals surface area contributed by atoms with Crippen LogP contribution in [-0.4, -0.2) is 28.8 Å². The van der Waals surface area contributed by atoms with Gasteiger partial charge in [-0.15, -0.1) is 0 Å². The molecule has 0 aromatic heterocycles. The highest BCUT2D eigenvalue weighted by molar-refractivity contribution is 6.12. The Kier molecular flexibility index (Phi) is 2.48. The first kappa shape index (κ1) is 11.4. The van der Waals surface area contributed by atoms with Crippen molar-refractivity contribution >= 4 is 11.6 Å². The van der Waals surface area contributed by atoms with Crippen LogP contribution in [0.4, 0.5) is 0 Å². The highest BCUT2D eigenvalue weighted by Gasteiger charge is 2.49. The van der Waals surface area contributed by atoms with Gasteiger partial charge < -0.3 is 4.74 Å². The second-order valence-corrected chi connectivity index (χ2v) is 5.24. The Hall–Kier alpha value is -1.68. The largest absolute Gasteiger partial charge is 0.368 e. The fraction of sp³-hybridized carbons (Fsp3) is 0.429. The van der Waals surface area contributed by atoms with Crippen LogP contribution >= 0.6 is 0 Å². The maximum atomic E-state index is 12.2. The van der Waals surface area contributed by atoms with Crippen molar-refractivity contribution in [3.63, 3.8) is 0 Å². The molecule has 2 aliphatic rings. The number of hydrogen-bond donors (Lipinski definition) is 0. The highest BCUT2D eigenvalue weighted by Crippen LogP contribution is 2.33. The van der Waals surface area contributed by atoms with Gasteiger partial charge in [0, 0.05) is 0 Å². The fourth-order valence-corrected chi connectivity index (χ4v) is 2.47. The summed E-state index contributed by atoms with van der Waals surface area (Å²) in [5.41, 5.74) is 1.54. The number of benzene rings is 1. The lowest BCUT2D eigenvalue weighted by atomic mass is 9.95. The minimum atomic E-state index is -0.411. The van der Waals surface area contributed by atoms with E-state index in [1.807, 2.05) is 44.2 Å². The van der Waals surface area contributed by atoms with E-state index in [-0.39, 0.29) is 11.8 Å². The van der Waals surface area contributed by atoms with Crippen molar-refractivity contribution in [3.05, 3.63) is 35.9 Å². The van der Waals surface area contributed by atoms with Gasteiger partial charge in [-0.25, -0.2) is 5.01 Å². The molecule has 1 aromatic rings. The molecule has 1 saturated heterocycles. The Morgan fingerprint density at radius 3 is 2.78 bits per heavy atom. The number of ether oxygens (including phenoxy) is 1. The van der Waals surface area contributed by atoms with Crippen LogP contribution in [0.25, 0.3) is 0 Å². The predicted octanol–water partition coefficient (Wildman–Crippen LogP) is 1.81. The first-order valence-corrected chi connectivity index (χ1v) is 6.16. The lowest BCUT2D eigenvalue weighted by Gasteiger charge is -2.18. The number of hydrogen-bond acceptors (Lipinski definition) is 3. The number of nitrogens with zero attached hydrogens (tertiary/aromatic N) is 2. The summed E-state index contributed by atoms with van der Waals surface area (Å²) < 4.78 is 5.60. The summed E-state index contributed by atoms with van der Waals surface area (Å²) in [6, 6.07) is 9.91. The van der Waals surface area contributed by atoms with E-state index in [1.165, 1.54) is 0 Å². The molecule has 1 aromatic carbocycles. The maximum absolute atomic E-state index is 12.2. The third-order valence-electron chi connectivity index (χ3n) is 3.51. The van der Waals surface area contributed by atoms with Gasteiger partial charge in [0.1, 0.15) is 11.5 Å². The molecule has 0 radical (unpaired) electrons. The first-order chi connectivity index (χ1) is 8.58. The predicted molar refractivity (Wildman–Crippen MR) is 67.9 cm³/mol. The van der Waals surface area contributed by atoms with Crippen molar-refractivity contribution in [1.82, 2.24) is 5.01 Å². The van der Waals surface area contributed by atoms with Crippen molar-refractivity contribution in [2.45, 2.75) is 26.0 Å². The van der Waals surface area contributed by atoms with Crippen LogP contribution in [-0.2, 0) is 16.1 Å². The molecular formula is C14H16N2O2. The van der Waals surface area contributed by atoms with E-state index in [0.717, 1.165) is 11.3 Å². The summed E-state index contributed by atoms with van der Waals surface area (Å²) in [7, 11) is 0. The average Bonchev–Trinajstić information content (AvgIpc) is 2.81. The van der Waals surface area contributed by atoms with Crippen molar-refractivity contribution in [2.24, 2.45) is 11.0 Å². The normalized spacial score (nSPS) is 25.2. The number of carbonyl (C=O) groups excluding carboxylic acids is 1. The summed E-state index contributed by atoms with van der Waals surface area (Å²) >= 11 is 0. The standard InChI is InChI=1S/C14H16N2O2/c1-14(2)12-11(9-18-14)13(17)16(15-12)8-10-6-4-3-5-7-10/h3-7,11H,8-9H2,1-2H3. The van der Waals surface area contributed by atoms with E-state index < -0.39 is 5.60 Å². The van der Waals surface area contributed by atoms with Gasteiger partial charge in [-0.2, -0.15) is 5.10 Å². The quantitative estimate of drug-likeness (QED) is 0.796. The van der Waals surface area contributed by atoms with Gasteiger partial charge in [-0.1, -0.05) is 30.3 Å². The molecule has 0 bridgehead atoms. The summed E-state index contributed by atoms with van der Waals surface area (Å²) in [5.74, 6) is -0.122. The Morgan fingerprint density at radius 2 is 2.11 bits per heavy atom. The van der Waals surface area contributed by atoms with Crippen LogP contribution in [0.2, 0.25) is 0 Å². The molecule has 2 heterocycles. The Morgan fingerprint density at radius 1 is 1.39 bits per heavy atom. The van der Waals surface area contributed by atoms with Crippen LogP contribution in [0.5, 0.6) is 0 Å². The summed E-state index contributed by atoms with van der Waals surface area (Å²) in [6.07, 6.45) is 0. The molecule has 0 spiro atoms. The van der Waals surface area contributed by atoms with E-state index >= 15 is 0 Å².